The maximum absolute atomic E-state index is 10.2. The van der Waals surface area contributed by atoms with Crippen LogP contribution in [0.15, 0.2) is 74.3 Å². The molecule has 0 saturated heterocycles. The second-order valence-electron chi connectivity index (χ2n) is 8.50. The second kappa shape index (κ2) is 12.3. The number of benzene rings is 2. The first kappa shape index (κ1) is 27.4. The number of carbonyl (C=O) groups excluding carboxylic acids is 1. The Bertz CT molecular complexity index is 1620. The largest absolute Gasteiger partial charge is 0.504 e. The van der Waals surface area contributed by atoms with Gasteiger partial charge in [0, 0.05) is 39.7 Å². The fourth-order valence-electron chi connectivity index (χ4n) is 4.10. The highest BCUT2D eigenvalue weighted by Crippen LogP contribution is 2.40. The van der Waals surface area contributed by atoms with Crippen LogP contribution in [0.2, 0.25) is 0 Å². The number of fused-ring (bicyclic) bond motifs is 3. The van der Waals surface area contributed by atoms with Crippen LogP contribution in [-0.4, -0.2) is 39.7 Å². The molecule has 7 rings (SSSR count). The summed E-state index contributed by atoms with van der Waals surface area (Å²) >= 11 is 6.85. The number of ether oxygens (including phenoxy) is 3. The predicted molar refractivity (Wildman–Crippen MR) is 154 cm³/mol. The van der Waals surface area contributed by atoms with Crippen molar-refractivity contribution >= 4 is 55.4 Å². The minimum atomic E-state index is 0.0347. The zero-order valence-electron chi connectivity index (χ0n) is 20.8. The number of aromatic nitrogens is 3. The average Bonchev–Trinajstić information content (AvgIpc) is 3.70. The topological polar surface area (TPSA) is 143 Å². The fourth-order valence-corrected chi connectivity index (χ4v) is 5.09. The van der Waals surface area contributed by atoms with Crippen LogP contribution in [0.5, 0.6) is 23.0 Å². The first-order chi connectivity index (χ1) is 19.4. The summed E-state index contributed by atoms with van der Waals surface area (Å²) in [6.45, 7) is 1.77. The molecular formula is C28H22Br2N4O6. The Kier molecular flexibility index (Phi) is 8.46. The first-order valence-electron chi connectivity index (χ1n) is 12.0. The molecule has 0 saturated carbocycles. The molecule has 0 fully saturated rings. The molecule has 12 heteroatoms. The summed E-state index contributed by atoms with van der Waals surface area (Å²) < 4.78 is 23.5. The molecule has 204 valence electrons. The summed E-state index contributed by atoms with van der Waals surface area (Å²) in [7, 11) is 0. The van der Waals surface area contributed by atoms with Crippen molar-refractivity contribution in [2.24, 2.45) is 0 Å². The van der Waals surface area contributed by atoms with Gasteiger partial charge in [-0.1, -0.05) is 31.9 Å². The van der Waals surface area contributed by atoms with Crippen LogP contribution in [0.3, 0.4) is 0 Å². The summed E-state index contributed by atoms with van der Waals surface area (Å²) in [5.41, 5.74) is 9.59. The van der Waals surface area contributed by atoms with Gasteiger partial charge in [0.2, 0.25) is 5.89 Å². The van der Waals surface area contributed by atoms with E-state index >= 15 is 0 Å². The minimum absolute atomic E-state index is 0.0347. The number of carbonyl (C=O) groups is 1. The fraction of sp³-hybridized carbons (Fsp3) is 0.143. The number of pyridine rings is 2. The molecule has 2 aromatic carbocycles. The Morgan fingerprint density at radius 2 is 1.60 bits per heavy atom. The minimum Gasteiger partial charge on any atom is -0.504 e. The number of anilines is 1. The highest BCUT2D eigenvalue weighted by Gasteiger charge is 2.22. The van der Waals surface area contributed by atoms with Crippen LogP contribution in [0.4, 0.5) is 5.82 Å². The molecule has 40 heavy (non-hydrogen) atoms. The first-order valence-corrected chi connectivity index (χ1v) is 13.6. The molecule has 2 aliphatic heterocycles. The molecule has 0 aliphatic carbocycles. The van der Waals surface area contributed by atoms with Crippen molar-refractivity contribution in [2.45, 2.75) is 12.8 Å². The van der Waals surface area contributed by atoms with Gasteiger partial charge in [0.1, 0.15) is 5.75 Å². The van der Waals surface area contributed by atoms with Crippen molar-refractivity contribution in [1.82, 2.24) is 15.0 Å². The van der Waals surface area contributed by atoms with Crippen molar-refractivity contribution in [3.05, 3.63) is 81.0 Å². The number of oxazole rings is 1. The third kappa shape index (κ3) is 6.18. The Morgan fingerprint density at radius 3 is 2.27 bits per heavy atom. The van der Waals surface area contributed by atoms with Gasteiger partial charge in [0.15, 0.2) is 34.3 Å². The molecule has 0 spiro atoms. The number of hydrogen-bond donors (Lipinski definition) is 2. The highest BCUT2D eigenvalue weighted by atomic mass is 79.9. The molecule has 0 unspecified atom stereocenters. The van der Waals surface area contributed by atoms with Gasteiger partial charge >= 0.3 is 0 Å². The molecule has 5 aromatic rings. The second-order valence-corrected chi connectivity index (χ2v) is 10.3. The highest BCUT2D eigenvalue weighted by molar-refractivity contribution is 9.10. The van der Waals surface area contributed by atoms with Crippen LogP contribution in [0.25, 0.3) is 22.7 Å². The van der Waals surface area contributed by atoms with E-state index in [1.807, 2.05) is 24.3 Å². The summed E-state index contributed by atoms with van der Waals surface area (Å²) in [5.74, 6) is 2.80. The van der Waals surface area contributed by atoms with E-state index in [-0.39, 0.29) is 11.6 Å². The van der Waals surface area contributed by atoms with Gasteiger partial charge in [-0.3, -0.25) is 4.79 Å². The van der Waals surface area contributed by atoms with E-state index in [4.69, 9.17) is 29.5 Å². The van der Waals surface area contributed by atoms with E-state index in [9.17, 15) is 4.79 Å². The zero-order chi connectivity index (χ0) is 28.1. The number of nitrogens with two attached hydrogens (primary N) is 1. The van der Waals surface area contributed by atoms with Crippen molar-refractivity contribution in [1.29, 1.82) is 0 Å². The van der Waals surface area contributed by atoms with Gasteiger partial charge in [-0.2, -0.15) is 4.98 Å². The summed E-state index contributed by atoms with van der Waals surface area (Å²) in [4.78, 5) is 22.4. The number of hydrogen-bond acceptors (Lipinski definition) is 10. The van der Waals surface area contributed by atoms with Gasteiger partial charge in [0.25, 0.3) is 6.47 Å². The van der Waals surface area contributed by atoms with Crippen LogP contribution >= 0.6 is 31.9 Å². The molecule has 0 amide bonds. The zero-order valence-corrected chi connectivity index (χ0v) is 24.0. The number of nitrogens with zero attached hydrogens (tertiary/aromatic N) is 3. The summed E-state index contributed by atoms with van der Waals surface area (Å²) in [5, 5.41) is 8.73. The third-order valence-corrected chi connectivity index (χ3v) is 6.77. The van der Waals surface area contributed by atoms with Gasteiger partial charge in [0.05, 0.1) is 18.8 Å². The third-order valence-electron chi connectivity index (χ3n) is 5.85. The van der Waals surface area contributed by atoms with Gasteiger partial charge in [-0.25, -0.2) is 9.97 Å². The van der Waals surface area contributed by atoms with E-state index in [0.29, 0.717) is 48.3 Å². The molecular weight excluding hydrogens is 648 g/mol. The van der Waals surface area contributed by atoms with Crippen LogP contribution in [0.1, 0.15) is 11.1 Å². The quantitative estimate of drug-likeness (QED) is 0.224. The molecule has 3 aromatic heterocycles. The maximum Gasteiger partial charge on any atom is 0.298 e. The van der Waals surface area contributed by atoms with Crippen molar-refractivity contribution < 1.29 is 28.5 Å². The molecule has 3 N–H and O–H groups in total. The van der Waals surface area contributed by atoms with Crippen LogP contribution in [-0.2, 0) is 17.6 Å². The monoisotopic (exact) mass is 668 g/mol. The maximum atomic E-state index is 10.2. The molecule has 0 radical (unpaired) electrons. The summed E-state index contributed by atoms with van der Waals surface area (Å²) in [6, 6.07) is 14.5. The van der Waals surface area contributed by atoms with E-state index < -0.39 is 0 Å². The van der Waals surface area contributed by atoms with E-state index in [1.165, 1.54) is 17.8 Å². The summed E-state index contributed by atoms with van der Waals surface area (Å²) in [6.07, 6.45) is 5.01. The van der Waals surface area contributed by atoms with Gasteiger partial charge < -0.3 is 29.5 Å². The Morgan fingerprint density at radius 1 is 0.925 bits per heavy atom. The Labute approximate surface area is 245 Å². The molecule has 2 aliphatic rings. The lowest BCUT2D eigenvalue weighted by Gasteiger charge is -2.05. The normalized spacial score (nSPS) is 12.6. The number of halogens is 2. The van der Waals surface area contributed by atoms with E-state index in [2.05, 4.69) is 52.9 Å². The molecule has 10 nitrogen and oxygen atoms in total. The smallest absolute Gasteiger partial charge is 0.298 e. The number of nitrogen functional groups attached to an aromatic ring is 1. The lowest BCUT2D eigenvalue weighted by atomic mass is 10.1. The number of aromatic hydroxyl groups is 1. The molecule has 0 atom stereocenters. The van der Waals surface area contributed by atoms with Gasteiger partial charge in [-0.05, 0) is 54.1 Å². The van der Waals surface area contributed by atoms with E-state index in [0.717, 1.165) is 38.7 Å². The standard InChI is InChI=1S/C14H9BrN2O2.C9H7BrO3.C5H6N2O/c15-9-6-8-3-5-18-12(8)10(7-9)14-17-13-11(19-14)2-1-4-16-13;10-7-3-6-1-2-12-9(6)8(4-7)13-5-11;6-5-4(8)2-1-3-7-5/h1-2,4,6-7H,3,5H2;3-5H,1-2H2;1-3,8H,(H2,6,7). The lowest BCUT2D eigenvalue weighted by molar-refractivity contribution is -0.120. The Hall–Kier alpha value is -4.16. The van der Waals surface area contributed by atoms with Crippen LogP contribution < -0.4 is 19.9 Å². The van der Waals surface area contributed by atoms with Crippen molar-refractivity contribution in [2.75, 3.05) is 18.9 Å². The lowest BCUT2D eigenvalue weighted by Crippen LogP contribution is -1.93. The van der Waals surface area contributed by atoms with Crippen molar-refractivity contribution in [3.8, 4) is 34.5 Å². The molecule has 5 heterocycles. The Balaban J connectivity index is 0.000000133. The average molecular weight is 670 g/mol. The SMILES string of the molecule is Brc1cc2c(c(-c3nc4ncccc4o3)c1)OCC2.Nc1ncccc1O.O=COc1cc(Br)cc2c1OCC2. The number of rotatable bonds is 3. The van der Waals surface area contributed by atoms with Gasteiger partial charge in [-0.15, -0.1) is 0 Å². The van der Waals surface area contributed by atoms with E-state index in [1.54, 1.807) is 18.3 Å². The predicted octanol–water partition coefficient (Wildman–Crippen LogP) is 5.88. The van der Waals surface area contributed by atoms with Crippen molar-refractivity contribution in [3.63, 3.8) is 0 Å². The molecule has 0 bridgehead atoms. The van der Waals surface area contributed by atoms with Crippen LogP contribution in [0, 0.1) is 0 Å².